The highest BCUT2D eigenvalue weighted by molar-refractivity contribution is 5.72. The zero-order valence-electron chi connectivity index (χ0n) is 11.4. The predicted octanol–water partition coefficient (Wildman–Crippen LogP) is 1.26. The van der Waals surface area contributed by atoms with Crippen molar-refractivity contribution in [3.8, 4) is 0 Å². The minimum absolute atomic E-state index is 0.0343. The van der Waals surface area contributed by atoms with E-state index in [1.165, 1.54) is 20.0 Å². The van der Waals surface area contributed by atoms with Gasteiger partial charge in [0.2, 0.25) is 0 Å². The van der Waals surface area contributed by atoms with E-state index in [1.54, 1.807) is 0 Å². The van der Waals surface area contributed by atoms with Crippen LogP contribution in [0.4, 0.5) is 0 Å². The standard InChI is InChI=1S/C13H26N2O2/c1-4-8-15(9-11(2)13(16)17-3)10-12-6-5-7-14-12/h11-12,14H,4-10H2,1-3H3. The number of nitrogens with zero attached hydrogens (tertiary/aromatic N) is 1. The minimum atomic E-state index is -0.106. The Hall–Kier alpha value is -0.610. The van der Waals surface area contributed by atoms with E-state index in [2.05, 4.69) is 17.1 Å². The van der Waals surface area contributed by atoms with Crippen molar-refractivity contribution in [3.63, 3.8) is 0 Å². The van der Waals surface area contributed by atoms with Crippen molar-refractivity contribution in [1.29, 1.82) is 0 Å². The van der Waals surface area contributed by atoms with Gasteiger partial charge in [0.15, 0.2) is 0 Å². The number of hydrogen-bond donors (Lipinski definition) is 1. The number of rotatable bonds is 7. The molecule has 1 fully saturated rings. The number of carbonyl (C=O) groups excluding carboxylic acids is 1. The summed E-state index contributed by atoms with van der Waals surface area (Å²) < 4.78 is 4.78. The van der Waals surface area contributed by atoms with Gasteiger partial charge in [0, 0.05) is 19.1 Å². The van der Waals surface area contributed by atoms with Crippen molar-refractivity contribution in [2.75, 3.05) is 33.3 Å². The van der Waals surface area contributed by atoms with Gasteiger partial charge in [-0.15, -0.1) is 0 Å². The Balaban J connectivity index is 2.38. The summed E-state index contributed by atoms with van der Waals surface area (Å²) in [5.74, 6) is -0.140. The lowest BCUT2D eigenvalue weighted by atomic mass is 10.1. The van der Waals surface area contributed by atoms with Crippen molar-refractivity contribution in [3.05, 3.63) is 0 Å². The van der Waals surface area contributed by atoms with Crippen molar-refractivity contribution >= 4 is 5.97 Å². The normalized spacial score (nSPS) is 21.8. The van der Waals surface area contributed by atoms with E-state index in [1.807, 2.05) is 6.92 Å². The third-order valence-corrected chi connectivity index (χ3v) is 3.32. The molecule has 2 unspecified atom stereocenters. The van der Waals surface area contributed by atoms with Crippen LogP contribution < -0.4 is 5.32 Å². The highest BCUT2D eigenvalue weighted by Gasteiger charge is 2.21. The number of nitrogens with one attached hydrogen (secondary N) is 1. The summed E-state index contributed by atoms with van der Waals surface area (Å²) in [6.45, 7) is 8.17. The van der Waals surface area contributed by atoms with Crippen LogP contribution in [0, 0.1) is 5.92 Å². The lowest BCUT2D eigenvalue weighted by Crippen LogP contribution is -2.41. The predicted molar refractivity (Wildman–Crippen MR) is 68.9 cm³/mol. The van der Waals surface area contributed by atoms with Gasteiger partial charge in [-0.1, -0.05) is 13.8 Å². The van der Waals surface area contributed by atoms with Gasteiger partial charge in [-0.25, -0.2) is 0 Å². The smallest absolute Gasteiger partial charge is 0.309 e. The Morgan fingerprint density at radius 3 is 2.88 bits per heavy atom. The van der Waals surface area contributed by atoms with Crippen LogP contribution in [0.1, 0.15) is 33.1 Å². The maximum absolute atomic E-state index is 11.4. The number of esters is 1. The van der Waals surface area contributed by atoms with E-state index in [0.29, 0.717) is 6.04 Å². The zero-order chi connectivity index (χ0) is 12.7. The summed E-state index contributed by atoms with van der Waals surface area (Å²) in [7, 11) is 1.46. The van der Waals surface area contributed by atoms with Gasteiger partial charge in [-0.05, 0) is 32.4 Å². The molecule has 1 aliphatic rings. The highest BCUT2D eigenvalue weighted by Crippen LogP contribution is 2.10. The Morgan fingerprint density at radius 2 is 2.35 bits per heavy atom. The molecule has 1 saturated heterocycles. The average Bonchev–Trinajstić information content (AvgIpc) is 2.81. The monoisotopic (exact) mass is 242 g/mol. The van der Waals surface area contributed by atoms with Gasteiger partial charge < -0.3 is 15.0 Å². The molecule has 100 valence electrons. The molecule has 1 heterocycles. The van der Waals surface area contributed by atoms with E-state index in [9.17, 15) is 4.79 Å². The molecule has 0 aliphatic carbocycles. The van der Waals surface area contributed by atoms with E-state index in [-0.39, 0.29) is 11.9 Å². The van der Waals surface area contributed by atoms with Gasteiger partial charge in [-0.3, -0.25) is 4.79 Å². The van der Waals surface area contributed by atoms with Gasteiger partial charge in [0.05, 0.1) is 13.0 Å². The van der Waals surface area contributed by atoms with Crippen LogP contribution in [0.2, 0.25) is 0 Å². The quantitative estimate of drug-likeness (QED) is 0.682. The molecule has 1 aliphatic heterocycles. The topological polar surface area (TPSA) is 41.6 Å². The first kappa shape index (κ1) is 14.5. The van der Waals surface area contributed by atoms with Crippen LogP contribution in [0.3, 0.4) is 0 Å². The molecule has 17 heavy (non-hydrogen) atoms. The lowest BCUT2D eigenvalue weighted by Gasteiger charge is -2.27. The first-order valence-corrected chi connectivity index (χ1v) is 6.71. The maximum atomic E-state index is 11.4. The highest BCUT2D eigenvalue weighted by atomic mass is 16.5. The SMILES string of the molecule is CCCN(CC1CCCN1)CC(C)C(=O)OC. The largest absolute Gasteiger partial charge is 0.469 e. The molecule has 0 radical (unpaired) electrons. The number of hydrogen-bond acceptors (Lipinski definition) is 4. The van der Waals surface area contributed by atoms with E-state index in [0.717, 1.165) is 32.6 Å². The molecule has 1 rings (SSSR count). The van der Waals surface area contributed by atoms with Crippen LogP contribution in [-0.4, -0.2) is 50.2 Å². The summed E-state index contributed by atoms with van der Waals surface area (Å²) in [4.78, 5) is 13.8. The molecule has 0 aromatic carbocycles. The molecule has 0 spiro atoms. The molecule has 2 atom stereocenters. The van der Waals surface area contributed by atoms with Gasteiger partial charge in [0.1, 0.15) is 0 Å². The maximum Gasteiger partial charge on any atom is 0.309 e. The van der Waals surface area contributed by atoms with Crippen LogP contribution in [0.25, 0.3) is 0 Å². The summed E-state index contributed by atoms with van der Waals surface area (Å²) >= 11 is 0. The number of methoxy groups -OCH3 is 1. The zero-order valence-corrected chi connectivity index (χ0v) is 11.4. The van der Waals surface area contributed by atoms with Gasteiger partial charge >= 0.3 is 5.97 Å². The summed E-state index contributed by atoms with van der Waals surface area (Å²) in [5.41, 5.74) is 0. The number of carbonyl (C=O) groups is 1. The fourth-order valence-electron chi connectivity index (χ4n) is 2.46. The Bertz CT molecular complexity index is 227. The molecule has 1 N–H and O–H groups in total. The molecular weight excluding hydrogens is 216 g/mol. The molecular formula is C13H26N2O2. The van der Waals surface area contributed by atoms with Crippen LogP contribution in [0.5, 0.6) is 0 Å². The summed E-state index contributed by atoms with van der Waals surface area (Å²) in [6.07, 6.45) is 3.66. The van der Waals surface area contributed by atoms with E-state index in [4.69, 9.17) is 4.74 Å². The second-order valence-corrected chi connectivity index (χ2v) is 4.98. The Kier molecular flexibility index (Phi) is 6.52. The average molecular weight is 242 g/mol. The van der Waals surface area contributed by atoms with Crippen LogP contribution >= 0.6 is 0 Å². The van der Waals surface area contributed by atoms with Crippen LogP contribution in [0.15, 0.2) is 0 Å². The first-order chi connectivity index (χ1) is 8.17. The van der Waals surface area contributed by atoms with Crippen LogP contribution in [-0.2, 0) is 9.53 Å². The molecule has 4 nitrogen and oxygen atoms in total. The Labute approximate surface area is 105 Å². The molecule has 4 heteroatoms. The van der Waals surface area contributed by atoms with Crippen molar-refractivity contribution in [2.24, 2.45) is 5.92 Å². The van der Waals surface area contributed by atoms with Crippen molar-refractivity contribution < 1.29 is 9.53 Å². The molecule has 0 aromatic rings. The van der Waals surface area contributed by atoms with E-state index >= 15 is 0 Å². The molecule has 0 amide bonds. The first-order valence-electron chi connectivity index (χ1n) is 6.71. The molecule has 0 bridgehead atoms. The molecule has 0 aromatic heterocycles. The summed E-state index contributed by atoms with van der Waals surface area (Å²) in [6, 6.07) is 0.603. The third kappa shape index (κ3) is 5.04. The fourth-order valence-corrected chi connectivity index (χ4v) is 2.46. The van der Waals surface area contributed by atoms with Crippen molar-refractivity contribution in [1.82, 2.24) is 10.2 Å². The Morgan fingerprint density at radius 1 is 1.59 bits per heavy atom. The van der Waals surface area contributed by atoms with Crippen molar-refractivity contribution in [2.45, 2.75) is 39.2 Å². The van der Waals surface area contributed by atoms with E-state index < -0.39 is 0 Å². The van der Waals surface area contributed by atoms with Gasteiger partial charge in [0.25, 0.3) is 0 Å². The minimum Gasteiger partial charge on any atom is -0.469 e. The lowest BCUT2D eigenvalue weighted by molar-refractivity contribution is -0.145. The second-order valence-electron chi connectivity index (χ2n) is 4.98. The third-order valence-electron chi connectivity index (χ3n) is 3.32. The second kappa shape index (κ2) is 7.67. The molecule has 0 saturated carbocycles. The van der Waals surface area contributed by atoms with Gasteiger partial charge in [-0.2, -0.15) is 0 Å². The summed E-state index contributed by atoms with van der Waals surface area (Å²) in [5, 5.41) is 3.50. The fraction of sp³-hybridized carbons (Fsp3) is 0.923. The number of ether oxygens (including phenoxy) is 1.